The van der Waals surface area contributed by atoms with E-state index in [0.717, 1.165) is 6.42 Å². The van der Waals surface area contributed by atoms with Gasteiger partial charge in [0.1, 0.15) is 12.1 Å². The molecule has 1 aromatic carbocycles. The third-order valence-electron chi connectivity index (χ3n) is 3.84. The molecule has 23 heavy (non-hydrogen) atoms. The molecule has 126 valence electrons. The van der Waals surface area contributed by atoms with E-state index in [1.807, 2.05) is 0 Å². The second-order valence-electron chi connectivity index (χ2n) is 5.51. The van der Waals surface area contributed by atoms with Gasteiger partial charge in [-0.3, -0.25) is 9.59 Å². The van der Waals surface area contributed by atoms with Gasteiger partial charge in [-0.15, -0.1) is 0 Å². The zero-order chi connectivity index (χ0) is 17.0. The predicted molar refractivity (Wildman–Crippen MR) is 83.2 cm³/mol. The molecule has 1 heterocycles. The molecule has 0 aliphatic carbocycles. The molecule has 0 spiro atoms. The van der Waals surface area contributed by atoms with Crippen molar-refractivity contribution < 1.29 is 23.1 Å². The van der Waals surface area contributed by atoms with Gasteiger partial charge < -0.3 is 10.4 Å². The summed E-state index contributed by atoms with van der Waals surface area (Å²) < 4.78 is 26.7. The van der Waals surface area contributed by atoms with Crippen LogP contribution in [-0.4, -0.2) is 48.3 Å². The van der Waals surface area contributed by atoms with E-state index in [0.29, 0.717) is 12.8 Å². The Morgan fingerprint density at radius 2 is 1.91 bits per heavy atom. The number of carbonyl (C=O) groups excluding carboxylic acids is 1. The van der Waals surface area contributed by atoms with Gasteiger partial charge in [0.2, 0.25) is 15.9 Å². The lowest BCUT2D eigenvalue weighted by Crippen LogP contribution is -2.54. The highest BCUT2D eigenvalue weighted by Gasteiger charge is 2.38. The minimum absolute atomic E-state index is 0.131. The van der Waals surface area contributed by atoms with E-state index in [4.69, 9.17) is 5.11 Å². The first-order chi connectivity index (χ1) is 10.8. The fourth-order valence-corrected chi connectivity index (χ4v) is 4.23. The van der Waals surface area contributed by atoms with Gasteiger partial charge in [0.25, 0.3) is 0 Å². The highest BCUT2D eigenvalue weighted by atomic mass is 32.2. The van der Waals surface area contributed by atoms with Crippen molar-refractivity contribution in [2.24, 2.45) is 0 Å². The van der Waals surface area contributed by atoms with E-state index in [9.17, 15) is 18.0 Å². The number of nitrogens with zero attached hydrogens (tertiary/aromatic N) is 1. The van der Waals surface area contributed by atoms with Gasteiger partial charge in [0, 0.05) is 6.54 Å². The number of piperidine rings is 1. The Bertz CT molecular complexity index is 674. The Balaban J connectivity index is 2.25. The average Bonchev–Trinajstić information content (AvgIpc) is 2.55. The van der Waals surface area contributed by atoms with Crippen LogP contribution >= 0.6 is 0 Å². The van der Waals surface area contributed by atoms with E-state index in [-0.39, 0.29) is 11.4 Å². The van der Waals surface area contributed by atoms with Crippen LogP contribution in [0.3, 0.4) is 0 Å². The van der Waals surface area contributed by atoms with Gasteiger partial charge in [0.05, 0.1) is 4.90 Å². The zero-order valence-electron chi connectivity index (χ0n) is 12.8. The zero-order valence-corrected chi connectivity index (χ0v) is 13.6. The number of hydrogen-bond acceptors (Lipinski definition) is 4. The molecule has 0 aromatic heterocycles. The van der Waals surface area contributed by atoms with Gasteiger partial charge in [0.15, 0.2) is 0 Å². The number of aliphatic carboxylic acids is 1. The van der Waals surface area contributed by atoms with E-state index in [1.165, 1.54) is 23.4 Å². The maximum absolute atomic E-state index is 12.8. The smallest absolute Gasteiger partial charge is 0.325 e. The molecule has 2 unspecified atom stereocenters. The van der Waals surface area contributed by atoms with Crippen LogP contribution in [0.2, 0.25) is 0 Å². The van der Waals surface area contributed by atoms with E-state index in [1.54, 1.807) is 18.2 Å². The van der Waals surface area contributed by atoms with E-state index >= 15 is 0 Å². The van der Waals surface area contributed by atoms with Crippen molar-refractivity contribution in [3.63, 3.8) is 0 Å². The van der Waals surface area contributed by atoms with Crippen LogP contribution in [0.5, 0.6) is 0 Å². The van der Waals surface area contributed by atoms with Crippen molar-refractivity contribution >= 4 is 21.9 Å². The SMILES string of the molecule is CC(NC(=O)C1CCCCN1S(=O)(=O)c1ccccc1)C(=O)O. The summed E-state index contributed by atoms with van der Waals surface area (Å²) in [6.45, 7) is 1.59. The van der Waals surface area contributed by atoms with Gasteiger partial charge in [-0.1, -0.05) is 24.6 Å². The van der Waals surface area contributed by atoms with Crippen molar-refractivity contribution in [3.05, 3.63) is 30.3 Å². The van der Waals surface area contributed by atoms with Crippen LogP contribution in [0.4, 0.5) is 0 Å². The summed E-state index contributed by atoms with van der Waals surface area (Å²) in [5.74, 6) is -1.73. The molecule has 2 atom stereocenters. The van der Waals surface area contributed by atoms with E-state index < -0.39 is 34.0 Å². The molecule has 1 saturated heterocycles. The Labute approximate surface area is 135 Å². The van der Waals surface area contributed by atoms with Gasteiger partial charge in [-0.05, 0) is 31.9 Å². The molecule has 8 heteroatoms. The molecule has 1 aliphatic rings. The summed E-state index contributed by atoms with van der Waals surface area (Å²) in [5, 5.41) is 11.2. The summed E-state index contributed by atoms with van der Waals surface area (Å²) >= 11 is 0. The molecule has 1 aliphatic heterocycles. The maximum atomic E-state index is 12.8. The van der Waals surface area contributed by atoms with Crippen LogP contribution in [0.1, 0.15) is 26.2 Å². The lowest BCUT2D eigenvalue weighted by molar-refractivity contribution is -0.142. The molecule has 0 bridgehead atoms. The Morgan fingerprint density at radius 3 is 2.52 bits per heavy atom. The monoisotopic (exact) mass is 340 g/mol. The molecule has 0 saturated carbocycles. The first kappa shape index (κ1) is 17.4. The fraction of sp³-hybridized carbons (Fsp3) is 0.467. The first-order valence-corrected chi connectivity index (χ1v) is 8.88. The van der Waals surface area contributed by atoms with Crippen molar-refractivity contribution in [3.8, 4) is 0 Å². The largest absolute Gasteiger partial charge is 0.480 e. The lowest BCUT2D eigenvalue weighted by Gasteiger charge is -2.34. The highest BCUT2D eigenvalue weighted by molar-refractivity contribution is 7.89. The standard InChI is InChI=1S/C15H20N2O5S/c1-11(15(19)20)16-14(18)13-9-5-6-10-17(13)23(21,22)12-7-3-2-4-8-12/h2-4,7-8,11,13H,5-6,9-10H2,1H3,(H,16,18)(H,19,20). The second kappa shape index (κ2) is 7.10. The van der Waals surface area contributed by atoms with Crippen LogP contribution in [0.25, 0.3) is 0 Å². The van der Waals surface area contributed by atoms with Crippen molar-refractivity contribution in [1.82, 2.24) is 9.62 Å². The van der Waals surface area contributed by atoms with Crippen molar-refractivity contribution in [2.45, 2.75) is 43.2 Å². The summed E-state index contributed by atoms with van der Waals surface area (Å²) in [5.41, 5.74) is 0. The summed E-state index contributed by atoms with van der Waals surface area (Å²) in [6.07, 6.45) is 1.77. The molecule has 1 fully saturated rings. The number of carboxylic acids is 1. The van der Waals surface area contributed by atoms with Crippen LogP contribution < -0.4 is 5.32 Å². The average molecular weight is 340 g/mol. The molecule has 1 amide bonds. The molecular formula is C15H20N2O5S. The number of rotatable bonds is 5. The molecule has 7 nitrogen and oxygen atoms in total. The van der Waals surface area contributed by atoms with Gasteiger partial charge in [-0.25, -0.2) is 8.42 Å². The Kier molecular flexibility index (Phi) is 5.38. The third kappa shape index (κ3) is 3.89. The lowest BCUT2D eigenvalue weighted by atomic mass is 10.0. The number of benzene rings is 1. The van der Waals surface area contributed by atoms with Crippen molar-refractivity contribution in [2.75, 3.05) is 6.54 Å². The van der Waals surface area contributed by atoms with Crippen LogP contribution in [0, 0.1) is 0 Å². The molecular weight excluding hydrogens is 320 g/mol. The molecule has 1 aromatic rings. The molecule has 2 rings (SSSR count). The second-order valence-corrected chi connectivity index (χ2v) is 7.40. The predicted octanol–water partition coefficient (Wildman–Crippen LogP) is 0.819. The Morgan fingerprint density at radius 1 is 1.26 bits per heavy atom. The fourth-order valence-electron chi connectivity index (χ4n) is 2.55. The number of sulfonamides is 1. The van der Waals surface area contributed by atoms with E-state index in [2.05, 4.69) is 5.32 Å². The molecule has 2 N–H and O–H groups in total. The number of amides is 1. The topological polar surface area (TPSA) is 104 Å². The summed E-state index contributed by atoms with van der Waals surface area (Å²) in [6, 6.07) is 5.99. The quantitative estimate of drug-likeness (QED) is 0.826. The minimum atomic E-state index is -3.79. The van der Waals surface area contributed by atoms with Gasteiger partial charge in [-0.2, -0.15) is 4.31 Å². The first-order valence-electron chi connectivity index (χ1n) is 7.44. The normalized spacial score (nSPS) is 20.7. The summed E-state index contributed by atoms with van der Waals surface area (Å²) in [4.78, 5) is 23.3. The number of carboxylic acid groups (broad SMARTS) is 1. The third-order valence-corrected chi connectivity index (χ3v) is 5.76. The maximum Gasteiger partial charge on any atom is 0.325 e. The van der Waals surface area contributed by atoms with Gasteiger partial charge >= 0.3 is 5.97 Å². The number of nitrogens with one attached hydrogen (secondary N) is 1. The minimum Gasteiger partial charge on any atom is -0.480 e. The Hall–Kier alpha value is -1.93. The highest BCUT2D eigenvalue weighted by Crippen LogP contribution is 2.25. The van der Waals surface area contributed by atoms with Crippen molar-refractivity contribution in [1.29, 1.82) is 0 Å². The van der Waals surface area contributed by atoms with Crippen LogP contribution in [-0.2, 0) is 19.6 Å². The summed E-state index contributed by atoms with van der Waals surface area (Å²) in [7, 11) is -3.79. The number of carbonyl (C=O) groups is 2. The van der Waals surface area contributed by atoms with Crippen LogP contribution in [0.15, 0.2) is 35.2 Å². The molecule has 0 radical (unpaired) electrons. The number of hydrogen-bond donors (Lipinski definition) is 2.